The zero-order chi connectivity index (χ0) is 56.6. The van der Waals surface area contributed by atoms with Crippen molar-refractivity contribution in [1.82, 2.24) is 9.55 Å². The third-order valence-corrected chi connectivity index (χ3v) is 16.5. The van der Waals surface area contributed by atoms with Crippen LogP contribution in [0.2, 0.25) is 0 Å². The van der Waals surface area contributed by atoms with Gasteiger partial charge in [0.15, 0.2) is 0 Å². The van der Waals surface area contributed by atoms with Crippen LogP contribution in [0.25, 0.3) is 38.8 Å². The second-order valence-corrected chi connectivity index (χ2v) is 26.8. The summed E-state index contributed by atoms with van der Waals surface area (Å²) in [5, 5.41) is 2.26. The Kier molecular flexibility index (Phi) is 15.7. The molecule has 7 aromatic carbocycles. The second-order valence-electron chi connectivity index (χ2n) is 26.8. The smallest absolute Gasteiger partial charge is 0.135 e. The van der Waals surface area contributed by atoms with Gasteiger partial charge in [-0.05, 0) is 115 Å². The maximum Gasteiger partial charge on any atom is 0.135 e. The van der Waals surface area contributed by atoms with Gasteiger partial charge in [0.2, 0.25) is 0 Å². The number of allylic oxidation sites excluding steroid dienone is 1. The van der Waals surface area contributed by atoms with Crippen molar-refractivity contribution in [1.29, 1.82) is 0 Å². The van der Waals surface area contributed by atoms with Crippen LogP contribution in [0.3, 0.4) is 0 Å². The molecule has 2 aromatic heterocycles. The Hall–Kier alpha value is -6.68. The van der Waals surface area contributed by atoms with Gasteiger partial charge in [-0.1, -0.05) is 220 Å². The summed E-state index contributed by atoms with van der Waals surface area (Å²) in [6, 6.07) is 63.5. The standard InChI is InChI=1S/C74H81N4O.Pt/c1-48(2)61-29-24-30-62(49(3)4)69(61)50-37-58(44-60(38-50)79-59-32-33-63-64-42-53(70(5,6)7)31-34-65(64)78(66(63)45-59)68-43-54(35-36-75-68)71(8,9)10)77-47-76(46-67(77)72(11,12)13)57-40-55(73(14,15)51-25-20-18-21-26-51)39-56(41-57)74(16,17)52-27-22-19-23-28-52;/h18-43,46-49H,1-17H3;/q-3;. The van der Waals surface area contributed by atoms with Crippen LogP contribution in [-0.2, 0) is 42.7 Å². The van der Waals surface area contributed by atoms with Gasteiger partial charge in [-0.2, -0.15) is 6.07 Å². The van der Waals surface area contributed by atoms with E-state index in [4.69, 9.17) is 9.72 Å². The van der Waals surface area contributed by atoms with Crippen molar-refractivity contribution < 1.29 is 25.8 Å². The van der Waals surface area contributed by atoms with Gasteiger partial charge in [0.1, 0.15) is 5.82 Å². The maximum absolute atomic E-state index is 7.20. The van der Waals surface area contributed by atoms with Crippen LogP contribution >= 0.6 is 0 Å². The number of benzene rings is 7. The molecule has 10 rings (SSSR count). The van der Waals surface area contributed by atoms with Crippen molar-refractivity contribution >= 4 is 33.2 Å². The molecule has 0 N–H and O–H groups in total. The predicted octanol–water partition coefficient (Wildman–Crippen LogP) is 20.1. The average molecular weight is 1240 g/mol. The first-order valence-corrected chi connectivity index (χ1v) is 28.5. The molecule has 5 nitrogen and oxygen atoms in total. The van der Waals surface area contributed by atoms with Crippen molar-refractivity contribution in [3.05, 3.63) is 233 Å². The van der Waals surface area contributed by atoms with Gasteiger partial charge in [-0.15, -0.1) is 53.6 Å². The minimum absolute atomic E-state index is 0. The largest absolute Gasteiger partial charge is 0.509 e. The van der Waals surface area contributed by atoms with E-state index in [-0.39, 0.29) is 60.0 Å². The molecule has 80 heavy (non-hydrogen) atoms. The van der Waals surface area contributed by atoms with Crippen LogP contribution in [0.4, 0.5) is 11.4 Å². The van der Waals surface area contributed by atoms with Crippen LogP contribution in [-0.4, -0.2) is 9.55 Å². The van der Waals surface area contributed by atoms with Gasteiger partial charge < -0.3 is 19.1 Å². The summed E-state index contributed by atoms with van der Waals surface area (Å²) in [5.41, 5.74) is 16.7. The first kappa shape index (κ1) is 58.0. The first-order valence-electron chi connectivity index (χ1n) is 28.5. The molecule has 9 aromatic rings. The molecule has 0 spiro atoms. The maximum atomic E-state index is 7.20. The van der Waals surface area contributed by atoms with E-state index in [1.807, 2.05) is 6.20 Å². The quantitative estimate of drug-likeness (QED) is 0.114. The molecule has 0 aliphatic carbocycles. The summed E-state index contributed by atoms with van der Waals surface area (Å²) in [4.78, 5) is 9.68. The van der Waals surface area contributed by atoms with E-state index >= 15 is 0 Å². The van der Waals surface area contributed by atoms with Gasteiger partial charge in [0.25, 0.3) is 0 Å². The SMILES string of the molecule is CC(C)c1cccc(C(C)C)c1-c1cc(Oc2[c-]c3c(cc2)c2cc(C(C)(C)C)ccc2n3-c2cc(C(C)(C)C)ccn2)[c-]c(N2[CH-]N(c3cc(C(C)(C)c4ccccc4)cc(C(C)(C)c4ccccc4)c3)C=C2C(C)(C)C)c1.[Pt]. The number of nitrogens with zero attached hydrogens (tertiary/aromatic N) is 4. The number of hydrogen-bond donors (Lipinski definition) is 0. The fourth-order valence-corrected chi connectivity index (χ4v) is 11.4. The minimum Gasteiger partial charge on any atom is -0.509 e. The van der Waals surface area contributed by atoms with Gasteiger partial charge >= 0.3 is 0 Å². The number of rotatable bonds is 12. The molecule has 0 atom stereocenters. The molecule has 0 amide bonds. The molecule has 1 aliphatic heterocycles. The van der Waals surface area contributed by atoms with Gasteiger partial charge in [-0.25, -0.2) is 4.98 Å². The fraction of sp³-hybridized carbons (Fsp3) is 0.324. The summed E-state index contributed by atoms with van der Waals surface area (Å²) in [6.45, 7) is 41.3. The zero-order valence-corrected chi connectivity index (χ0v) is 52.6. The number of hydrogen-bond acceptors (Lipinski definition) is 4. The fourth-order valence-electron chi connectivity index (χ4n) is 11.4. The molecule has 0 bridgehead atoms. The third-order valence-electron chi connectivity index (χ3n) is 16.5. The van der Waals surface area contributed by atoms with E-state index < -0.39 is 0 Å². The molecule has 0 saturated heterocycles. The number of ether oxygens (including phenoxy) is 1. The van der Waals surface area contributed by atoms with E-state index in [1.165, 1.54) is 50.1 Å². The second kappa shape index (κ2) is 21.7. The molecule has 0 radical (unpaired) electrons. The number of fused-ring (bicyclic) bond motifs is 3. The molecule has 416 valence electrons. The van der Waals surface area contributed by atoms with Crippen LogP contribution in [0.15, 0.2) is 170 Å². The Labute approximate surface area is 493 Å². The molecule has 0 saturated carbocycles. The Bertz CT molecular complexity index is 3650. The summed E-state index contributed by atoms with van der Waals surface area (Å²) < 4.78 is 9.46. The van der Waals surface area contributed by atoms with Crippen LogP contribution < -0.4 is 14.5 Å². The van der Waals surface area contributed by atoms with E-state index in [2.05, 4.69) is 309 Å². The first-order chi connectivity index (χ1) is 37.2. The molecule has 1 aliphatic rings. The zero-order valence-electron chi connectivity index (χ0n) is 50.3. The van der Waals surface area contributed by atoms with E-state index in [1.54, 1.807) is 0 Å². The Morgan fingerprint density at radius 1 is 0.500 bits per heavy atom. The Morgan fingerprint density at radius 2 is 1.07 bits per heavy atom. The summed E-state index contributed by atoms with van der Waals surface area (Å²) in [7, 11) is 0. The summed E-state index contributed by atoms with van der Waals surface area (Å²) in [6.07, 6.45) is 4.26. The normalized spacial score (nSPS) is 13.7. The van der Waals surface area contributed by atoms with Crippen molar-refractivity contribution in [2.24, 2.45) is 5.41 Å². The summed E-state index contributed by atoms with van der Waals surface area (Å²) in [5.74, 6) is 2.64. The van der Waals surface area contributed by atoms with Crippen molar-refractivity contribution in [2.75, 3.05) is 9.80 Å². The number of aromatic nitrogens is 2. The van der Waals surface area contributed by atoms with Gasteiger partial charge in [0.05, 0.1) is 0 Å². The van der Waals surface area contributed by atoms with Gasteiger partial charge in [0, 0.05) is 71.9 Å². The topological polar surface area (TPSA) is 33.5 Å². The van der Waals surface area contributed by atoms with Crippen LogP contribution in [0.1, 0.15) is 174 Å². The molecule has 6 heteroatoms. The third kappa shape index (κ3) is 11.2. The van der Waals surface area contributed by atoms with E-state index in [0.717, 1.165) is 50.3 Å². The van der Waals surface area contributed by atoms with Crippen molar-refractivity contribution in [3.8, 4) is 28.4 Å². The molecular formula is C74H81N4OPt-3. The van der Waals surface area contributed by atoms with E-state index in [0.29, 0.717) is 11.5 Å². The number of pyridine rings is 1. The molecule has 3 heterocycles. The minimum atomic E-state index is -0.280. The molecular weight excluding hydrogens is 1160 g/mol. The molecule has 0 unspecified atom stereocenters. The Morgan fingerprint density at radius 3 is 1.62 bits per heavy atom. The molecule has 0 fully saturated rings. The number of anilines is 2. The van der Waals surface area contributed by atoms with Gasteiger partial charge in [-0.3, -0.25) is 0 Å². The van der Waals surface area contributed by atoms with Crippen molar-refractivity contribution in [3.63, 3.8) is 0 Å². The Balaban J connectivity index is 0.00000774. The van der Waals surface area contributed by atoms with Crippen molar-refractivity contribution in [2.45, 2.75) is 151 Å². The monoisotopic (exact) mass is 1240 g/mol. The van der Waals surface area contributed by atoms with Crippen LogP contribution in [0, 0.1) is 24.2 Å². The summed E-state index contributed by atoms with van der Waals surface area (Å²) >= 11 is 0. The predicted molar refractivity (Wildman–Crippen MR) is 334 cm³/mol. The van der Waals surface area contributed by atoms with E-state index in [9.17, 15) is 0 Å². The average Bonchev–Trinajstić information content (AvgIpc) is 4.23. The van der Waals surface area contributed by atoms with Crippen LogP contribution in [0.5, 0.6) is 11.5 Å².